The van der Waals surface area contributed by atoms with Crippen molar-refractivity contribution in [2.75, 3.05) is 32.8 Å². The fraction of sp³-hybridized carbons (Fsp3) is 0.714. The van der Waals surface area contributed by atoms with Crippen LogP contribution in [0.2, 0.25) is 0 Å². The summed E-state index contributed by atoms with van der Waals surface area (Å²) in [7, 11) is 0. The molecular weight excluding hydrogens is 326 g/mol. The van der Waals surface area contributed by atoms with Gasteiger partial charge in [-0.3, -0.25) is 14.7 Å². The molecule has 5 heteroatoms. The molecule has 26 heavy (non-hydrogen) atoms. The monoisotopic (exact) mass is 357 g/mol. The van der Waals surface area contributed by atoms with Crippen molar-refractivity contribution in [2.45, 2.75) is 57.0 Å². The number of piperidine rings is 1. The molecule has 3 aliphatic rings. The summed E-state index contributed by atoms with van der Waals surface area (Å²) in [4.78, 5) is 21.6. The number of aromatic nitrogens is 1. The van der Waals surface area contributed by atoms with Crippen molar-refractivity contribution in [1.82, 2.24) is 14.8 Å². The van der Waals surface area contributed by atoms with E-state index < -0.39 is 0 Å². The maximum Gasteiger partial charge on any atom is 0.253 e. The van der Waals surface area contributed by atoms with Gasteiger partial charge in [0.05, 0.1) is 6.61 Å². The van der Waals surface area contributed by atoms with E-state index in [1.54, 1.807) is 12.4 Å². The zero-order chi connectivity index (χ0) is 18.0. The molecule has 5 nitrogen and oxygen atoms in total. The number of rotatable bonds is 6. The van der Waals surface area contributed by atoms with Crippen LogP contribution in [0.15, 0.2) is 24.5 Å². The van der Waals surface area contributed by atoms with Gasteiger partial charge in [-0.05, 0) is 63.5 Å². The van der Waals surface area contributed by atoms with E-state index in [2.05, 4.69) is 16.8 Å². The van der Waals surface area contributed by atoms with Crippen molar-refractivity contribution in [3.05, 3.63) is 30.1 Å². The molecule has 1 aromatic heterocycles. The molecule has 3 fully saturated rings. The van der Waals surface area contributed by atoms with E-state index in [4.69, 9.17) is 4.74 Å². The van der Waals surface area contributed by atoms with E-state index in [1.165, 1.54) is 32.2 Å². The second kappa shape index (κ2) is 7.65. The molecule has 0 aromatic carbocycles. The number of pyridine rings is 1. The molecule has 1 amide bonds. The van der Waals surface area contributed by atoms with Gasteiger partial charge in [0.15, 0.2) is 0 Å². The lowest BCUT2D eigenvalue weighted by Crippen LogP contribution is -2.56. The van der Waals surface area contributed by atoms with Gasteiger partial charge < -0.3 is 9.64 Å². The smallest absolute Gasteiger partial charge is 0.253 e. The summed E-state index contributed by atoms with van der Waals surface area (Å²) in [5.41, 5.74) is 1.05. The maximum atomic E-state index is 12.7. The maximum absolute atomic E-state index is 12.7. The van der Waals surface area contributed by atoms with E-state index in [1.807, 2.05) is 17.0 Å². The largest absolute Gasteiger partial charge is 0.380 e. The van der Waals surface area contributed by atoms with Crippen molar-refractivity contribution in [2.24, 2.45) is 5.92 Å². The molecule has 142 valence electrons. The van der Waals surface area contributed by atoms with Gasteiger partial charge in [-0.25, -0.2) is 0 Å². The minimum atomic E-state index is 0.153. The Morgan fingerprint density at radius 1 is 1.19 bits per heavy atom. The summed E-state index contributed by atoms with van der Waals surface area (Å²) in [6.07, 6.45) is 10.9. The van der Waals surface area contributed by atoms with Crippen LogP contribution in [0.4, 0.5) is 0 Å². The van der Waals surface area contributed by atoms with Gasteiger partial charge in [0.2, 0.25) is 0 Å². The Bertz CT molecular complexity index is 609. The molecule has 1 unspecified atom stereocenters. The van der Waals surface area contributed by atoms with Crippen molar-refractivity contribution in [3.8, 4) is 0 Å². The highest BCUT2D eigenvalue weighted by Crippen LogP contribution is 2.44. The summed E-state index contributed by atoms with van der Waals surface area (Å²) < 4.78 is 5.79. The quantitative estimate of drug-likeness (QED) is 0.785. The predicted molar refractivity (Wildman–Crippen MR) is 101 cm³/mol. The molecule has 0 N–H and O–H groups in total. The number of carbonyl (C=O) groups excluding carboxylic acids is 1. The summed E-state index contributed by atoms with van der Waals surface area (Å²) in [6.45, 7) is 6.71. The molecule has 0 radical (unpaired) electrons. The van der Waals surface area contributed by atoms with Crippen LogP contribution in [-0.2, 0) is 4.74 Å². The Balaban J connectivity index is 1.41. The first-order valence-electron chi connectivity index (χ1n) is 10.3. The van der Waals surface area contributed by atoms with Gasteiger partial charge in [-0.1, -0.05) is 0 Å². The third-order valence-electron chi connectivity index (χ3n) is 6.57. The summed E-state index contributed by atoms with van der Waals surface area (Å²) >= 11 is 0. The van der Waals surface area contributed by atoms with E-state index in [0.29, 0.717) is 11.6 Å². The van der Waals surface area contributed by atoms with E-state index >= 15 is 0 Å². The number of nitrogens with zero attached hydrogens (tertiary/aromatic N) is 3. The first kappa shape index (κ1) is 17.9. The van der Waals surface area contributed by atoms with Gasteiger partial charge >= 0.3 is 0 Å². The molecule has 1 atom stereocenters. The first-order chi connectivity index (χ1) is 12.7. The van der Waals surface area contributed by atoms with Crippen LogP contribution in [0.5, 0.6) is 0 Å². The lowest BCUT2D eigenvalue weighted by Gasteiger charge is -2.47. The SMILES string of the molecule is CCOCC1CCC2(CCN(C(=O)c3ccncc3)CC2)N1CC1CC1. The van der Waals surface area contributed by atoms with Crippen molar-refractivity contribution in [3.63, 3.8) is 0 Å². The van der Waals surface area contributed by atoms with Crippen LogP contribution in [0.25, 0.3) is 0 Å². The molecule has 1 saturated carbocycles. The van der Waals surface area contributed by atoms with Crippen molar-refractivity contribution in [1.29, 1.82) is 0 Å². The van der Waals surface area contributed by atoms with E-state index in [-0.39, 0.29) is 5.91 Å². The molecule has 0 bridgehead atoms. The molecule has 3 heterocycles. The Labute approximate surface area is 156 Å². The average molecular weight is 357 g/mol. The highest BCUT2D eigenvalue weighted by molar-refractivity contribution is 5.94. The van der Waals surface area contributed by atoms with Gasteiger partial charge in [0, 0.05) is 55.8 Å². The van der Waals surface area contributed by atoms with Crippen LogP contribution in [0, 0.1) is 5.92 Å². The number of hydrogen-bond donors (Lipinski definition) is 0. The second-order valence-electron chi connectivity index (χ2n) is 8.20. The number of likely N-dealkylation sites (tertiary alicyclic amines) is 2. The summed E-state index contributed by atoms with van der Waals surface area (Å²) in [5.74, 6) is 1.05. The topological polar surface area (TPSA) is 45.7 Å². The number of carbonyl (C=O) groups is 1. The first-order valence-corrected chi connectivity index (χ1v) is 10.3. The number of ether oxygens (including phenoxy) is 1. The zero-order valence-corrected chi connectivity index (χ0v) is 15.9. The van der Waals surface area contributed by atoms with E-state index in [0.717, 1.165) is 50.6 Å². The van der Waals surface area contributed by atoms with Crippen molar-refractivity contribution >= 4 is 5.91 Å². The van der Waals surface area contributed by atoms with Crippen LogP contribution in [0.3, 0.4) is 0 Å². The Morgan fingerprint density at radius 2 is 1.92 bits per heavy atom. The molecule has 1 spiro atoms. The lowest BCUT2D eigenvalue weighted by atomic mass is 9.84. The molecule has 2 aliphatic heterocycles. The fourth-order valence-corrected chi connectivity index (χ4v) is 4.81. The highest BCUT2D eigenvalue weighted by Gasteiger charge is 2.49. The molecule has 4 rings (SSSR count). The number of amides is 1. The second-order valence-corrected chi connectivity index (χ2v) is 8.20. The molecule has 1 aromatic rings. The van der Waals surface area contributed by atoms with Crippen LogP contribution in [0.1, 0.15) is 55.8 Å². The predicted octanol–water partition coefficient (Wildman–Crippen LogP) is 2.97. The van der Waals surface area contributed by atoms with Gasteiger partial charge in [-0.2, -0.15) is 0 Å². The van der Waals surface area contributed by atoms with Gasteiger partial charge in [-0.15, -0.1) is 0 Å². The lowest BCUT2D eigenvalue weighted by molar-refractivity contribution is 0.00310. The summed E-state index contributed by atoms with van der Waals surface area (Å²) in [6, 6.07) is 4.21. The minimum absolute atomic E-state index is 0.153. The molecule has 2 saturated heterocycles. The molecular formula is C21H31N3O2. The van der Waals surface area contributed by atoms with Gasteiger partial charge in [0.1, 0.15) is 0 Å². The van der Waals surface area contributed by atoms with Crippen LogP contribution >= 0.6 is 0 Å². The zero-order valence-electron chi connectivity index (χ0n) is 15.9. The Kier molecular flexibility index (Phi) is 5.28. The average Bonchev–Trinajstić information content (AvgIpc) is 3.46. The minimum Gasteiger partial charge on any atom is -0.380 e. The van der Waals surface area contributed by atoms with E-state index in [9.17, 15) is 4.79 Å². The standard InChI is InChI=1S/C21H31N3O2/c1-2-26-16-19-5-8-21(24(19)15-17-3-4-17)9-13-23(14-10-21)20(25)18-6-11-22-12-7-18/h6-7,11-12,17,19H,2-5,8-10,13-16H2,1H3. The number of hydrogen-bond acceptors (Lipinski definition) is 4. The molecule has 1 aliphatic carbocycles. The van der Waals surface area contributed by atoms with Crippen LogP contribution < -0.4 is 0 Å². The van der Waals surface area contributed by atoms with Crippen molar-refractivity contribution < 1.29 is 9.53 Å². The van der Waals surface area contributed by atoms with Gasteiger partial charge in [0.25, 0.3) is 5.91 Å². The Morgan fingerprint density at radius 3 is 2.58 bits per heavy atom. The summed E-state index contributed by atoms with van der Waals surface area (Å²) in [5, 5.41) is 0. The highest BCUT2D eigenvalue weighted by atomic mass is 16.5. The normalized spacial score (nSPS) is 25.7. The van der Waals surface area contributed by atoms with Crippen LogP contribution in [-0.4, -0.2) is 65.1 Å². The Hall–Kier alpha value is -1.46. The third kappa shape index (κ3) is 3.65. The third-order valence-corrected chi connectivity index (χ3v) is 6.57. The fourth-order valence-electron chi connectivity index (χ4n) is 4.81.